The highest BCUT2D eigenvalue weighted by Gasteiger charge is 2.15. The zero-order valence-corrected chi connectivity index (χ0v) is 13.5. The molecule has 0 radical (unpaired) electrons. The van der Waals surface area contributed by atoms with Gasteiger partial charge in [-0.25, -0.2) is 4.98 Å². The molecule has 0 aliphatic carbocycles. The number of hydrogen-bond acceptors (Lipinski definition) is 3. The lowest BCUT2D eigenvalue weighted by molar-refractivity contribution is 0.477. The van der Waals surface area contributed by atoms with Crippen molar-refractivity contribution < 1.29 is 5.11 Å². The van der Waals surface area contributed by atoms with Gasteiger partial charge in [0.25, 0.3) is 0 Å². The molecular formula is C22H16N2O. The van der Waals surface area contributed by atoms with Crippen LogP contribution in [0.25, 0.3) is 33.6 Å². The molecule has 4 aromatic rings. The Hall–Kier alpha value is -3.46. The molecule has 0 aliphatic rings. The Kier molecular flexibility index (Phi) is 3.97. The molecule has 2 heterocycles. The standard InChI is InChI=1S/C22H16N2O/c25-22-19(18-12-7-13-23-15-18)14-20(16-8-3-1-4-9-16)24-21(22)17-10-5-2-6-11-17/h1-15,25H. The van der Waals surface area contributed by atoms with Gasteiger partial charge in [-0.05, 0) is 12.1 Å². The van der Waals surface area contributed by atoms with Crippen LogP contribution >= 0.6 is 0 Å². The van der Waals surface area contributed by atoms with Gasteiger partial charge in [-0.15, -0.1) is 0 Å². The summed E-state index contributed by atoms with van der Waals surface area (Å²) in [6, 6.07) is 25.4. The summed E-state index contributed by atoms with van der Waals surface area (Å²) in [5.41, 5.74) is 4.85. The van der Waals surface area contributed by atoms with E-state index in [0.717, 1.165) is 27.9 Å². The highest BCUT2D eigenvalue weighted by atomic mass is 16.3. The van der Waals surface area contributed by atoms with Crippen molar-refractivity contribution in [1.29, 1.82) is 0 Å². The first-order valence-electron chi connectivity index (χ1n) is 8.08. The predicted molar refractivity (Wildman–Crippen MR) is 100 cm³/mol. The van der Waals surface area contributed by atoms with Crippen molar-refractivity contribution in [2.45, 2.75) is 0 Å². The van der Waals surface area contributed by atoms with Gasteiger partial charge in [-0.3, -0.25) is 4.98 Å². The third-order valence-electron chi connectivity index (χ3n) is 4.08. The van der Waals surface area contributed by atoms with Crippen molar-refractivity contribution in [2.75, 3.05) is 0 Å². The Morgan fingerprint density at radius 1 is 0.680 bits per heavy atom. The third kappa shape index (κ3) is 3.00. The first-order valence-corrected chi connectivity index (χ1v) is 8.08. The Labute approximate surface area is 146 Å². The molecule has 3 heteroatoms. The third-order valence-corrected chi connectivity index (χ3v) is 4.08. The quantitative estimate of drug-likeness (QED) is 0.564. The maximum absolute atomic E-state index is 10.9. The molecular weight excluding hydrogens is 308 g/mol. The van der Waals surface area contributed by atoms with E-state index in [1.165, 1.54) is 0 Å². The van der Waals surface area contributed by atoms with Crippen LogP contribution in [0.2, 0.25) is 0 Å². The van der Waals surface area contributed by atoms with Crippen molar-refractivity contribution >= 4 is 0 Å². The SMILES string of the molecule is Oc1c(-c2cccnc2)cc(-c2ccccc2)nc1-c1ccccc1. The number of aromatic hydroxyl groups is 1. The highest BCUT2D eigenvalue weighted by Crippen LogP contribution is 2.39. The van der Waals surface area contributed by atoms with E-state index >= 15 is 0 Å². The van der Waals surface area contributed by atoms with Crippen LogP contribution in [0.5, 0.6) is 5.75 Å². The summed E-state index contributed by atoms with van der Waals surface area (Å²) in [5.74, 6) is 0.166. The van der Waals surface area contributed by atoms with Crippen molar-refractivity contribution in [3.8, 4) is 39.4 Å². The van der Waals surface area contributed by atoms with Crippen molar-refractivity contribution in [3.63, 3.8) is 0 Å². The van der Waals surface area contributed by atoms with Crippen LogP contribution < -0.4 is 0 Å². The average Bonchev–Trinajstić information content (AvgIpc) is 2.70. The molecule has 2 aromatic carbocycles. The number of benzene rings is 2. The molecule has 0 aliphatic heterocycles. The second kappa shape index (κ2) is 6.57. The van der Waals surface area contributed by atoms with Crippen molar-refractivity contribution in [3.05, 3.63) is 91.3 Å². The first-order chi connectivity index (χ1) is 12.3. The number of hydrogen-bond donors (Lipinski definition) is 1. The van der Waals surface area contributed by atoms with Gasteiger partial charge in [-0.2, -0.15) is 0 Å². The first kappa shape index (κ1) is 15.1. The average molecular weight is 324 g/mol. The molecule has 25 heavy (non-hydrogen) atoms. The minimum atomic E-state index is 0.166. The van der Waals surface area contributed by atoms with E-state index in [0.29, 0.717) is 5.69 Å². The van der Waals surface area contributed by atoms with E-state index in [1.54, 1.807) is 12.4 Å². The molecule has 0 spiro atoms. The van der Waals surface area contributed by atoms with Crippen LogP contribution in [0.15, 0.2) is 91.3 Å². The topological polar surface area (TPSA) is 46.0 Å². The van der Waals surface area contributed by atoms with E-state index in [2.05, 4.69) is 4.98 Å². The van der Waals surface area contributed by atoms with Crippen LogP contribution in [0.3, 0.4) is 0 Å². The van der Waals surface area contributed by atoms with E-state index in [1.807, 2.05) is 78.9 Å². The van der Waals surface area contributed by atoms with Gasteiger partial charge in [0.15, 0.2) is 0 Å². The molecule has 120 valence electrons. The predicted octanol–water partition coefficient (Wildman–Crippen LogP) is 5.18. The van der Waals surface area contributed by atoms with E-state index in [4.69, 9.17) is 4.98 Å². The number of nitrogens with zero attached hydrogens (tertiary/aromatic N) is 2. The fraction of sp³-hybridized carbons (Fsp3) is 0. The molecule has 1 N–H and O–H groups in total. The Morgan fingerprint density at radius 2 is 1.32 bits per heavy atom. The number of rotatable bonds is 3. The minimum Gasteiger partial charge on any atom is -0.505 e. The summed E-state index contributed by atoms with van der Waals surface area (Å²) < 4.78 is 0. The molecule has 0 unspecified atom stereocenters. The molecule has 0 fully saturated rings. The van der Waals surface area contributed by atoms with Crippen LogP contribution in [0, 0.1) is 0 Å². The molecule has 0 bridgehead atoms. The molecule has 2 aromatic heterocycles. The van der Waals surface area contributed by atoms with E-state index in [9.17, 15) is 5.11 Å². The molecule has 0 saturated carbocycles. The lowest BCUT2D eigenvalue weighted by Crippen LogP contribution is -1.93. The van der Waals surface area contributed by atoms with Gasteiger partial charge < -0.3 is 5.11 Å². The van der Waals surface area contributed by atoms with E-state index < -0.39 is 0 Å². The zero-order valence-electron chi connectivity index (χ0n) is 13.5. The second-order valence-electron chi connectivity index (χ2n) is 5.73. The summed E-state index contributed by atoms with van der Waals surface area (Å²) in [4.78, 5) is 8.90. The lowest BCUT2D eigenvalue weighted by atomic mass is 9.99. The second-order valence-corrected chi connectivity index (χ2v) is 5.73. The molecule has 0 amide bonds. The Morgan fingerprint density at radius 3 is 1.96 bits per heavy atom. The monoisotopic (exact) mass is 324 g/mol. The largest absolute Gasteiger partial charge is 0.505 e. The molecule has 3 nitrogen and oxygen atoms in total. The van der Waals surface area contributed by atoms with Gasteiger partial charge in [0.1, 0.15) is 11.4 Å². The smallest absolute Gasteiger partial charge is 0.149 e. The Bertz CT molecular complexity index is 924. The van der Waals surface area contributed by atoms with E-state index in [-0.39, 0.29) is 5.75 Å². The minimum absolute atomic E-state index is 0.166. The van der Waals surface area contributed by atoms with Gasteiger partial charge in [0.05, 0.1) is 5.69 Å². The summed E-state index contributed by atoms with van der Waals surface area (Å²) in [5, 5.41) is 10.9. The van der Waals surface area contributed by atoms with Crippen molar-refractivity contribution in [1.82, 2.24) is 9.97 Å². The molecule has 0 atom stereocenters. The normalized spacial score (nSPS) is 10.6. The Balaban J connectivity index is 1.98. The van der Waals surface area contributed by atoms with Gasteiger partial charge >= 0.3 is 0 Å². The van der Waals surface area contributed by atoms with Crippen LogP contribution in [0.1, 0.15) is 0 Å². The summed E-state index contributed by atoms with van der Waals surface area (Å²) in [7, 11) is 0. The molecule has 4 rings (SSSR count). The van der Waals surface area contributed by atoms with Gasteiger partial charge in [0, 0.05) is 34.6 Å². The number of aromatic nitrogens is 2. The van der Waals surface area contributed by atoms with Gasteiger partial charge in [0.2, 0.25) is 0 Å². The number of pyridine rings is 2. The highest BCUT2D eigenvalue weighted by molar-refractivity contribution is 5.83. The summed E-state index contributed by atoms with van der Waals surface area (Å²) >= 11 is 0. The van der Waals surface area contributed by atoms with Crippen LogP contribution in [-0.2, 0) is 0 Å². The zero-order chi connectivity index (χ0) is 17.1. The fourth-order valence-corrected chi connectivity index (χ4v) is 2.83. The lowest BCUT2D eigenvalue weighted by Gasteiger charge is -2.13. The maximum Gasteiger partial charge on any atom is 0.149 e. The fourth-order valence-electron chi connectivity index (χ4n) is 2.83. The van der Waals surface area contributed by atoms with Crippen LogP contribution in [-0.4, -0.2) is 15.1 Å². The van der Waals surface area contributed by atoms with Crippen LogP contribution in [0.4, 0.5) is 0 Å². The summed E-state index contributed by atoms with van der Waals surface area (Å²) in [6.07, 6.45) is 3.47. The molecule has 0 saturated heterocycles. The summed E-state index contributed by atoms with van der Waals surface area (Å²) in [6.45, 7) is 0. The van der Waals surface area contributed by atoms with Gasteiger partial charge in [-0.1, -0.05) is 66.7 Å². The maximum atomic E-state index is 10.9. The van der Waals surface area contributed by atoms with Crippen molar-refractivity contribution in [2.24, 2.45) is 0 Å².